The molecule has 6 rings (SSSR count). The van der Waals surface area contributed by atoms with Crippen LogP contribution in [0.3, 0.4) is 0 Å². The van der Waals surface area contributed by atoms with Gasteiger partial charge in [-0.2, -0.15) is 0 Å². The molecular weight excluding hydrogens is 490 g/mol. The van der Waals surface area contributed by atoms with E-state index in [1.807, 2.05) is 37.4 Å². The van der Waals surface area contributed by atoms with Crippen LogP contribution in [0.2, 0.25) is 0 Å². The van der Waals surface area contributed by atoms with Crippen LogP contribution in [0.25, 0.3) is 22.2 Å². The molecule has 0 bridgehead atoms. The highest BCUT2D eigenvalue weighted by Crippen LogP contribution is 2.43. The Bertz CT molecular complexity index is 1560. The minimum absolute atomic E-state index is 0.263. The number of likely N-dealkylation sites (tertiary alicyclic amines) is 1. The number of hydrogen-bond donors (Lipinski definition) is 2. The number of benzene rings is 2. The standard InChI is InChI=1S/C30H33N7O2/c1-5-29(38)32-23-14-24(28(39-4)15-26(23)37-13-11-19-16-35(2)18-27(19)37)34-30-31-12-10-22(33-30)21-17-36(3)25-9-7-6-8-20(21)25/h5-10,12,14-15,17,19,27H,1,11,13,16,18H2,2-4H3,(H,32,38)(H,31,33,34). The number of likely N-dealkylation sites (N-methyl/N-ethyl adjacent to an activating group) is 1. The van der Waals surface area contributed by atoms with Crippen molar-refractivity contribution in [2.75, 3.05) is 49.3 Å². The fourth-order valence-corrected chi connectivity index (χ4v) is 6.06. The quantitative estimate of drug-likeness (QED) is 0.341. The van der Waals surface area contributed by atoms with E-state index in [4.69, 9.17) is 9.72 Å². The second-order valence-corrected chi connectivity index (χ2v) is 10.4. The molecule has 1 amide bonds. The maximum absolute atomic E-state index is 12.4. The first-order valence-corrected chi connectivity index (χ1v) is 13.2. The number of rotatable bonds is 7. The molecule has 2 atom stereocenters. The van der Waals surface area contributed by atoms with Crippen molar-refractivity contribution in [1.29, 1.82) is 0 Å². The second kappa shape index (κ2) is 10.1. The summed E-state index contributed by atoms with van der Waals surface area (Å²) >= 11 is 0. The van der Waals surface area contributed by atoms with Crippen molar-refractivity contribution < 1.29 is 9.53 Å². The summed E-state index contributed by atoms with van der Waals surface area (Å²) in [6, 6.07) is 14.5. The van der Waals surface area contributed by atoms with Gasteiger partial charge >= 0.3 is 0 Å². The molecule has 2 aromatic heterocycles. The molecule has 9 nitrogen and oxygen atoms in total. The Kier molecular flexibility index (Phi) is 6.44. The van der Waals surface area contributed by atoms with E-state index in [0.29, 0.717) is 35.0 Å². The number of carbonyl (C=O) groups excluding carboxylic acids is 1. The summed E-state index contributed by atoms with van der Waals surface area (Å²) in [7, 11) is 5.84. The summed E-state index contributed by atoms with van der Waals surface area (Å²) in [5, 5.41) is 7.48. The van der Waals surface area contributed by atoms with Gasteiger partial charge in [-0.3, -0.25) is 4.79 Å². The van der Waals surface area contributed by atoms with Gasteiger partial charge in [-0.05, 0) is 43.7 Å². The number of hydrogen-bond acceptors (Lipinski definition) is 7. The maximum Gasteiger partial charge on any atom is 0.247 e. The third-order valence-electron chi connectivity index (χ3n) is 7.88. The van der Waals surface area contributed by atoms with Gasteiger partial charge < -0.3 is 29.7 Å². The number of carbonyl (C=O) groups is 1. The van der Waals surface area contributed by atoms with Crippen LogP contribution in [-0.4, -0.2) is 65.2 Å². The van der Waals surface area contributed by atoms with Crippen LogP contribution in [0.4, 0.5) is 23.0 Å². The zero-order valence-electron chi connectivity index (χ0n) is 22.5. The number of amides is 1. The molecule has 2 unspecified atom stereocenters. The lowest BCUT2D eigenvalue weighted by Crippen LogP contribution is -2.35. The number of nitrogens with one attached hydrogen (secondary N) is 2. The zero-order chi connectivity index (χ0) is 27.1. The molecule has 2 aliphatic rings. The van der Waals surface area contributed by atoms with Crippen molar-refractivity contribution in [2.24, 2.45) is 13.0 Å². The molecule has 200 valence electrons. The second-order valence-electron chi connectivity index (χ2n) is 10.4. The third-order valence-corrected chi connectivity index (χ3v) is 7.88. The maximum atomic E-state index is 12.4. The minimum atomic E-state index is -0.263. The van der Waals surface area contributed by atoms with Crippen molar-refractivity contribution in [3.05, 3.63) is 67.5 Å². The number of anilines is 4. The molecule has 39 heavy (non-hydrogen) atoms. The molecule has 0 aliphatic carbocycles. The van der Waals surface area contributed by atoms with Crippen molar-refractivity contribution >= 4 is 39.8 Å². The monoisotopic (exact) mass is 523 g/mol. The predicted octanol–water partition coefficient (Wildman–Crippen LogP) is 4.65. The van der Waals surface area contributed by atoms with Crippen LogP contribution in [0.15, 0.2) is 67.5 Å². The van der Waals surface area contributed by atoms with Gasteiger partial charge in [0.25, 0.3) is 0 Å². The van der Waals surface area contributed by atoms with E-state index in [-0.39, 0.29) is 5.91 Å². The number of aromatic nitrogens is 3. The number of methoxy groups -OCH3 is 1. The SMILES string of the molecule is C=CC(=O)Nc1cc(Nc2nccc(-c3cn(C)c4ccccc34)n2)c(OC)cc1N1CCC2CN(C)CC21. The highest BCUT2D eigenvalue weighted by Gasteiger charge is 2.41. The van der Waals surface area contributed by atoms with Gasteiger partial charge in [0.05, 0.1) is 29.9 Å². The molecule has 2 aromatic carbocycles. The summed E-state index contributed by atoms with van der Waals surface area (Å²) in [4.78, 5) is 26.5. The van der Waals surface area contributed by atoms with Crippen molar-refractivity contribution in [2.45, 2.75) is 12.5 Å². The Hall–Kier alpha value is -4.37. The van der Waals surface area contributed by atoms with E-state index in [1.165, 1.54) is 6.08 Å². The van der Waals surface area contributed by atoms with Gasteiger partial charge in [0.15, 0.2) is 0 Å². The minimum Gasteiger partial charge on any atom is -0.494 e. The lowest BCUT2D eigenvalue weighted by Gasteiger charge is -2.29. The summed E-state index contributed by atoms with van der Waals surface area (Å²) in [5.41, 5.74) is 5.29. The average molecular weight is 524 g/mol. The highest BCUT2D eigenvalue weighted by molar-refractivity contribution is 6.02. The fourth-order valence-electron chi connectivity index (χ4n) is 6.06. The molecule has 2 fully saturated rings. The van der Waals surface area contributed by atoms with Gasteiger partial charge in [-0.15, -0.1) is 0 Å². The van der Waals surface area contributed by atoms with Gasteiger partial charge in [-0.1, -0.05) is 24.8 Å². The smallest absolute Gasteiger partial charge is 0.247 e. The number of fused-ring (bicyclic) bond motifs is 2. The Labute approximate surface area is 228 Å². The average Bonchev–Trinajstić information content (AvgIpc) is 3.61. The summed E-state index contributed by atoms with van der Waals surface area (Å²) in [5.74, 6) is 1.44. The van der Waals surface area contributed by atoms with Gasteiger partial charge in [0.1, 0.15) is 5.75 Å². The number of para-hydroxylation sites is 1. The Balaban J connectivity index is 1.37. The summed E-state index contributed by atoms with van der Waals surface area (Å²) in [6.45, 7) is 6.67. The van der Waals surface area contributed by atoms with E-state index in [0.717, 1.165) is 53.9 Å². The van der Waals surface area contributed by atoms with Crippen LogP contribution in [0.1, 0.15) is 6.42 Å². The van der Waals surface area contributed by atoms with E-state index in [9.17, 15) is 4.79 Å². The Morgan fingerprint density at radius 3 is 2.82 bits per heavy atom. The molecule has 9 heteroatoms. The first-order valence-electron chi connectivity index (χ1n) is 13.2. The topological polar surface area (TPSA) is 87.5 Å². The normalized spacial score (nSPS) is 18.8. The van der Waals surface area contributed by atoms with Crippen LogP contribution >= 0.6 is 0 Å². The van der Waals surface area contributed by atoms with Gasteiger partial charge in [-0.25, -0.2) is 9.97 Å². The molecule has 2 aliphatic heterocycles. The van der Waals surface area contributed by atoms with E-state index in [1.54, 1.807) is 13.3 Å². The molecule has 0 spiro atoms. The van der Waals surface area contributed by atoms with Gasteiger partial charge in [0.2, 0.25) is 11.9 Å². The van der Waals surface area contributed by atoms with Crippen molar-refractivity contribution in [3.63, 3.8) is 0 Å². The van der Waals surface area contributed by atoms with Crippen molar-refractivity contribution in [1.82, 2.24) is 19.4 Å². The molecule has 4 aromatic rings. The summed E-state index contributed by atoms with van der Waals surface area (Å²) < 4.78 is 7.92. The zero-order valence-corrected chi connectivity index (χ0v) is 22.5. The fraction of sp³-hybridized carbons (Fsp3) is 0.300. The number of aryl methyl sites for hydroxylation is 1. The number of ether oxygens (including phenoxy) is 1. The molecule has 0 saturated carbocycles. The van der Waals surface area contributed by atoms with E-state index < -0.39 is 0 Å². The first-order chi connectivity index (χ1) is 18.9. The van der Waals surface area contributed by atoms with E-state index in [2.05, 4.69) is 61.9 Å². The molecule has 0 radical (unpaired) electrons. The lowest BCUT2D eigenvalue weighted by molar-refractivity contribution is -0.111. The molecule has 4 heterocycles. The van der Waals surface area contributed by atoms with Crippen LogP contribution in [0.5, 0.6) is 5.75 Å². The lowest BCUT2D eigenvalue weighted by atomic mass is 10.0. The van der Waals surface area contributed by atoms with Gasteiger partial charge in [0, 0.05) is 67.7 Å². The predicted molar refractivity (Wildman–Crippen MR) is 156 cm³/mol. The molecule has 2 N–H and O–H groups in total. The van der Waals surface area contributed by atoms with Crippen LogP contribution in [-0.2, 0) is 11.8 Å². The molecular formula is C30H33N7O2. The highest BCUT2D eigenvalue weighted by atomic mass is 16.5. The largest absolute Gasteiger partial charge is 0.494 e. The molecule has 2 saturated heterocycles. The first kappa shape index (κ1) is 24.9. The Morgan fingerprint density at radius 2 is 2.00 bits per heavy atom. The van der Waals surface area contributed by atoms with Crippen molar-refractivity contribution in [3.8, 4) is 17.0 Å². The van der Waals surface area contributed by atoms with Crippen LogP contribution < -0.4 is 20.3 Å². The third kappa shape index (κ3) is 4.59. The van der Waals surface area contributed by atoms with Crippen LogP contribution in [0, 0.1) is 5.92 Å². The summed E-state index contributed by atoms with van der Waals surface area (Å²) in [6.07, 6.45) is 6.24. The Morgan fingerprint density at radius 1 is 1.15 bits per heavy atom. The van der Waals surface area contributed by atoms with E-state index >= 15 is 0 Å². The number of nitrogens with zero attached hydrogens (tertiary/aromatic N) is 5.